The summed E-state index contributed by atoms with van der Waals surface area (Å²) in [5, 5.41) is 10.1. The number of aliphatic hydroxyl groups excluding tert-OH is 1. The van der Waals surface area contributed by atoms with Crippen molar-refractivity contribution in [3.8, 4) is 0 Å². The van der Waals surface area contributed by atoms with E-state index in [9.17, 15) is 27.1 Å². The Labute approximate surface area is 205 Å². The van der Waals surface area contributed by atoms with Gasteiger partial charge < -0.3 is 21.3 Å². The van der Waals surface area contributed by atoms with Gasteiger partial charge in [-0.3, -0.25) is 4.79 Å². The number of unbranched alkanes of at least 4 members (excludes halogenated alkanes) is 2. The zero-order valence-electron chi connectivity index (χ0n) is 19.6. The van der Waals surface area contributed by atoms with Gasteiger partial charge in [-0.25, -0.2) is 17.2 Å². The van der Waals surface area contributed by atoms with Gasteiger partial charge in [0.05, 0.1) is 30.8 Å². The zero-order chi connectivity index (χ0) is 25.8. The van der Waals surface area contributed by atoms with Crippen LogP contribution < -0.4 is 11.5 Å². The van der Waals surface area contributed by atoms with Crippen molar-refractivity contribution in [1.82, 2.24) is 0 Å². The highest BCUT2D eigenvalue weighted by molar-refractivity contribution is 7.91. The Hall–Kier alpha value is -2.24. The number of ketones is 1. The molecule has 0 spiro atoms. The third-order valence-corrected chi connectivity index (χ3v) is 7.34. The topological polar surface area (TPSA) is 133 Å². The van der Waals surface area contributed by atoms with E-state index in [4.69, 9.17) is 16.2 Å². The minimum atomic E-state index is -3.50. The van der Waals surface area contributed by atoms with Gasteiger partial charge in [0.2, 0.25) is 0 Å². The smallest absolute Gasteiger partial charge is 0.162 e. The van der Waals surface area contributed by atoms with Crippen molar-refractivity contribution in [2.24, 2.45) is 11.5 Å². The Bertz CT molecular complexity index is 1040. The van der Waals surface area contributed by atoms with E-state index in [0.29, 0.717) is 25.9 Å². The van der Waals surface area contributed by atoms with Crippen LogP contribution in [0.4, 0.5) is 8.78 Å². The third-order valence-electron chi connectivity index (χ3n) is 5.49. The van der Waals surface area contributed by atoms with E-state index >= 15 is 0 Å². The van der Waals surface area contributed by atoms with Crippen molar-refractivity contribution in [2.45, 2.75) is 56.9 Å². The van der Waals surface area contributed by atoms with Crippen LogP contribution in [0.5, 0.6) is 0 Å². The molecule has 10 heteroatoms. The molecule has 0 aliphatic rings. The molecule has 0 aliphatic carbocycles. The molecule has 2 rings (SSSR count). The highest BCUT2D eigenvalue weighted by Crippen LogP contribution is 2.13. The largest absolute Gasteiger partial charge is 0.384 e. The molecule has 2 aromatic carbocycles. The summed E-state index contributed by atoms with van der Waals surface area (Å²) in [5.74, 6) is -2.14. The highest BCUT2D eigenvalue weighted by atomic mass is 32.2. The molecule has 3 unspecified atom stereocenters. The second-order valence-corrected chi connectivity index (χ2v) is 10.9. The van der Waals surface area contributed by atoms with Crippen molar-refractivity contribution in [3.63, 3.8) is 0 Å². The SMILES string of the molecule is NC(Cc1cc(F)ccc1F)CS(=O)(=O)CCCCCC(=O)C(O)C(N)COCc1ccccc1. The van der Waals surface area contributed by atoms with Crippen molar-refractivity contribution in [1.29, 1.82) is 0 Å². The van der Waals surface area contributed by atoms with Crippen molar-refractivity contribution < 1.29 is 31.8 Å². The normalized spacial score (nSPS) is 14.4. The Morgan fingerprint density at radius 3 is 2.46 bits per heavy atom. The lowest BCUT2D eigenvalue weighted by atomic mass is 10.0. The van der Waals surface area contributed by atoms with E-state index in [1.54, 1.807) is 0 Å². The predicted molar refractivity (Wildman–Crippen MR) is 130 cm³/mol. The monoisotopic (exact) mass is 512 g/mol. The molecule has 7 nitrogen and oxygen atoms in total. The molecule has 194 valence electrons. The van der Waals surface area contributed by atoms with Gasteiger partial charge in [0, 0.05) is 12.5 Å². The summed E-state index contributed by atoms with van der Waals surface area (Å²) >= 11 is 0. The highest BCUT2D eigenvalue weighted by Gasteiger charge is 2.23. The van der Waals surface area contributed by atoms with Crippen LogP contribution in [0.25, 0.3) is 0 Å². The molecular weight excluding hydrogens is 478 g/mol. The molecule has 0 saturated carbocycles. The molecule has 0 radical (unpaired) electrons. The van der Waals surface area contributed by atoms with Gasteiger partial charge in [-0.2, -0.15) is 0 Å². The van der Waals surface area contributed by atoms with Gasteiger partial charge >= 0.3 is 0 Å². The molecule has 0 heterocycles. The van der Waals surface area contributed by atoms with E-state index in [-0.39, 0.29) is 36.5 Å². The van der Waals surface area contributed by atoms with E-state index < -0.39 is 45.4 Å². The Morgan fingerprint density at radius 2 is 1.74 bits per heavy atom. The first-order valence-corrected chi connectivity index (χ1v) is 13.4. The summed E-state index contributed by atoms with van der Waals surface area (Å²) in [6.07, 6.45) is -0.180. The van der Waals surface area contributed by atoms with Crippen LogP contribution in [-0.2, 0) is 32.4 Å². The number of ether oxygens (including phenoxy) is 1. The van der Waals surface area contributed by atoms with Crippen LogP contribution in [0.15, 0.2) is 48.5 Å². The van der Waals surface area contributed by atoms with Crippen LogP contribution in [0, 0.1) is 11.6 Å². The van der Waals surface area contributed by atoms with Crippen LogP contribution in [0.2, 0.25) is 0 Å². The average molecular weight is 513 g/mol. The number of Topliss-reactive ketones (excluding diaryl/α,β-unsaturated/α-hetero) is 1. The first kappa shape index (κ1) is 29.0. The number of halogens is 2. The Morgan fingerprint density at radius 1 is 1.03 bits per heavy atom. The summed E-state index contributed by atoms with van der Waals surface area (Å²) < 4.78 is 57.0. The zero-order valence-corrected chi connectivity index (χ0v) is 20.4. The van der Waals surface area contributed by atoms with Gasteiger partial charge in [0.1, 0.15) is 17.7 Å². The molecular formula is C25H34F2N2O5S. The first-order chi connectivity index (χ1) is 16.6. The number of rotatable bonds is 16. The first-order valence-electron chi connectivity index (χ1n) is 11.6. The van der Waals surface area contributed by atoms with Crippen molar-refractivity contribution in [3.05, 3.63) is 71.3 Å². The fourth-order valence-corrected chi connectivity index (χ4v) is 5.19. The van der Waals surface area contributed by atoms with Crippen LogP contribution >= 0.6 is 0 Å². The molecule has 0 aliphatic heterocycles. The number of benzene rings is 2. The quantitative estimate of drug-likeness (QED) is 0.294. The maximum atomic E-state index is 13.7. The molecule has 5 N–H and O–H groups in total. The molecule has 0 saturated heterocycles. The minimum Gasteiger partial charge on any atom is -0.384 e. The molecule has 0 aromatic heterocycles. The lowest BCUT2D eigenvalue weighted by Gasteiger charge is -2.18. The number of carbonyl (C=O) groups is 1. The van der Waals surface area contributed by atoms with Gasteiger partial charge in [-0.15, -0.1) is 0 Å². The Balaban J connectivity index is 1.63. The number of sulfone groups is 1. The van der Waals surface area contributed by atoms with Gasteiger partial charge in [-0.1, -0.05) is 36.8 Å². The van der Waals surface area contributed by atoms with Gasteiger partial charge in [0.15, 0.2) is 15.6 Å². The number of hydrogen-bond acceptors (Lipinski definition) is 7. The van der Waals surface area contributed by atoms with Gasteiger partial charge in [0.25, 0.3) is 0 Å². The third kappa shape index (κ3) is 10.9. The lowest BCUT2D eigenvalue weighted by Crippen LogP contribution is -2.43. The number of carbonyl (C=O) groups excluding carboxylic acids is 1. The lowest BCUT2D eigenvalue weighted by molar-refractivity contribution is -0.129. The number of aliphatic hydroxyl groups is 1. The van der Waals surface area contributed by atoms with Gasteiger partial charge in [-0.05, 0) is 48.6 Å². The van der Waals surface area contributed by atoms with E-state index in [1.807, 2.05) is 30.3 Å². The maximum absolute atomic E-state index is 13.7. The fourth-order valence-electron chi connectivity index (χ4n) is 3.61. The predicted octanol–water partition coefficient (Wildman–Crippen LogP) is 2.28. The van der Waals surface area contributed by atoms with Crippen molar-refractivity contribution in [2.75, 3.05) is 18.1 Å². The second-order valence-electron chi connectivity index (χ2n) is 8.70. The van der Waals surface area contributed by atoms with Crippen molar-refractivity contribution >= 4 is 15.6 Å². The summed E-state index contributed by atoms with van der Waals surface area (Å²) in [6, 6.07) is 10.7. The summed E-state index contributed by atoms with van der Waals surface area (Å²) in [6.45, 7) is 0.352. The number of hydrogen-bond donors (Lipinski definition) is 3. The molecule has 35 heavy (non-hydrogen) atoms. The summed E-state index contributed by atoms with van der Waals surface area (Å²) in [4.78, 5) is 12.2. The van der Waals surface area contributed by atoms with E-state index in [2.05, 4.69) is 0 Å². The fraction of sp³-hybridized carbons (Fsp3) is 0.480. The standard InChI is InChI=1S/C25H34F2N2O5S/c26-20-10-11-22(27)19(13-20)14-21(28)17-35(32,33)12-6-2-5-9-24(30)25(31)23(29)16-34-15-18-7-3-1-4-8-18/h1,3-4,7-8,10-11,13,21,23,25,31H,2,5-6,9,12,14-17,28-29H2. The maximum Gasteiger partial charge on any atom is 0.162 e. The van der Waals surface area contributed by atoms with E-state index in [0.717, 1.165) is 23.8 Å². The molecule has 0 amide bonds. The second kappa shape index (κ2) is 14.4. The van der Waals surface area contributed by atoms with E-state index in [1.165, 1.54) is 0 Å². The average Bonchev–Trinajstić information content (AvgIpc) is 2.80. The molecule has 2 aromatic rings. The molecule has 3 atom stereocenters. The van der Waals surface area contributed by atoms with Crippen LogP contribution in [-0.4, -0.2) is 55.6 Å². The molecule has 0 bridgehead atoms. The number of nitrogens with two attached hydrogens (primary N) is 2. The van der Waals surface area contributed by atoms with Crippen LogP contribution in [0.1, 0.15) is 36.8 Å². The Kier molecular flexibility index (Phi) is 11.9. The van der Waals surface area contributed by atoms with Crippen LogP contribution in [0.3, 0.4) is 0 Å². The summed E-state index contributed by atoms with van der Waals surface area (Å²) in [5.41, 5.74) is 12.7. The molecule has 0 fully saturated rings. The minimum absolute atomic E-state index is 0.0276. The summed E-state index contributed by atoms with van der Waals surface area (Å²) in [7, 11) is -3.50.